The molecule has 4 rings (SSSR count). The number of nitrogens with zero attached hydrogens (tertiary/aromatic N) is 4. The predicted octanol–water partition coefficient (Wildman–Crippen LogP) is 5.33. The monoisotopic (exact) mass is 611 g/mol. The zero-order valence-corrected chi connectivity index (χ0v) is 24.7. The smallest absolute Gasteiger partial charge is 0.351 e. The van der Waals surface area contributed by atoms with Crippen molar-refractivity contribution in [3.05, 3.63) is 46.6 Å². The van der Waals surface area contributed by atoms with Crippen LogP contribution in [0.4, 0.5) is 29.2 Å². The van der Waals surface area contributed by atoms with Gasteiger partial charge in [-0.05, 0) is 49.9 Å². The van der Waals surface area contributed by atoms with Crippen molar-refractivity contribution in [2.24, 2.45) is 0 Å². The zero-order chi connectivity index (χ0) is 30.8. The molecule has 228 valence electrons. The first kappa shape index (κ1) is 31.4. The summed E-state index contributed by atoms with van der Waals surface area (Å²) >= 11 is 0. The van der Waals surface area contributed by atoms with Gasteiger partial charge in [-0.1, -0.05) is 13.0 Å². The fourth-order valence-corrected chi connectivity index (χ4v) is 6.05. The molecule has 1 aromatic carbocycles. The van der Waals surface area contributed by atoms with Crippen LogP contribution in [-0.2, 0) is 10.0 Å². The average molecular weight is 612 g/mol. The van der Waals surface area contributed by atoms with E-state index in [1.54, 1.807) is 16.8 Å². The standard InChI is InChI=1S/C28H34F4N6O3S/c1-5-17(2)38-25-19(16-33-27(35-25)34-20-7-9-21(10-8-20)37(3)4)14-22(26(38)39)18-6-11-24(23(29)15-18)36-42(40,41)13-12-28(30,31)32/h6,11,14-17,20,36H,5,7-10,12-13H2,1-4H3/p+1/t17-/m0/s1. The molecule has 1 atom stereocenters. The Balaban J connectivity index is 1.65. The lowest BCUT2D eigenvalue weighted by Gasteiger charge is -2.23. The summed E-state index contributed by atoms with van der Waals surface area (Å²) in [6, 6.07) is 4.90. The Kier molecular flexibility index (Phi) is 9.24. The van der Waals surface area contributed by atoms with Crippen LogP contribution in [0.1, 0.15) is 58.4 Å². The molecule has 1 aliphatic rings. The van der Waals surface area contributed by atoms with Gasteiger partial charge in [-0.3, -0.25) is 14.1 Å². The van der Waals surface area contributed by atoms with Gasteiger partial charge in [0.2, 0.25) is 16.0 Å². The Morgan fingerprint density at radius 3 is 2.45 bits per heavy atom. The molecule has 2 aromatic heterocycles. The van der Waals surface area contributed by atoms with Crippen LogP contribution in [0.15, 0.2) is 35.3 Å². The van der Waals surface area contributed by atoms with E-state index in [0.717, 1.165) is 37.8 Å². The van der Waals surface area contributed by atoms with E-state index in [9.17, 15) is 30.8 Å². The third-order valence-electron chi connectivity index (χ3n) is 7.53. The molecule has 14 heteroatoms. The Morgan fingerprint density at radius 2 is 1.86 bits per heavy atom. The van der Waals surface area contributed by atoms with Gasteiger partial charge in [-0.15, -0.1) is 0 Å². The van der Waals surface area contributed by atoms with E-state index < -0.39 is 45.4 Å². The van der Waals surface area contributed by atoms with Crippen LogP contribution in [0.25, 0.3) is 22.2 Å². The number of hydrogen-bond acceptors (Lipinski definition) is 6. The van der Waals surface area contributed by atoms with Crippen LogP contribution < -0.4 is 15.6 Å². The van der Waals surface area contributed by atoms with E-state index in [-0.39, 0.29) is 23.2 Å². The number of pyridine rings is 1. The Labute approximate surface area is 241 Å². The average Bonchev–Trinajstić information content (AvgIpc) is 2.92. The summed E-state index contributed by atoms with van der Waals surface area (Å²) in [5.41, 5.74) is 1.22. The van der Waals surface area contributed by atoms with Gasteiger partial charge >= 0.3 is 6.18 Å². The second-order valence-corrected chi connectivity index (χ2v) is 12.7. The molecule has 0 bridgehead atoms. The first-order valence-corrected chi connectivity index (χ1v) is 15.4. The maximum absolute atomic E-state index is 15.0. The number of aromatic nitrogens is 3. The Bertz CT molecular complexity index is 1660. The molecule has 0 aliphatic heterocycles. The number of fused-ring (bicyclic) bond motifs is 1. The fourth-order valence-electron chi connectivity index (χ4n) is 4.95. The SMILES string of the molecule is CC[C@H](C)n1c(=O)c(-c2ccc(NS(=O)(=O)CCC(F)(F)F)c(F)c2)cc2cnc(NC3CCC(=[N+](C)C)CC3)nc21. The van der Waals surface area contributed by atoms with Gasteiger partial charge in [0.1, 0.15) is 25.6 Å². The molecule has 2 heterocycles. The highest BCUT2D eigenvalue weighted by Crippen LogP contribution is 2.28. The number of sulfonamides is 1. The topological polar surface area (TPSA) is 109 Å². The highest BCUT2D eigenvalue weighted by atomic mass is 32.2. The number of nitrogens with one attached hydrogen (secondary N) is 2. The van der Waals surface area contributed by atoms with Gasteiger partial charge in [0, 0.05) is 42.1 Å². The molecular weight excluding hydrogens is 576 g/mol. The number of benzene rings is 1. The van der Waals surface area contributed by atoms with Crippen LogP contribution in [0.2, 0.25) is 0 Å². The molecule has 1 aliphatic carbocycles. The lowest BCUT2D eigenvalue weighted by Crippen LogP contribution is -2.30. The van der Waals surface area contributed by atoms with Crippen molar-refractivity contribution in [3.63, 3.8) is 0 Å². The van der Waals surface area contributed by atoms with Crippen LogP contribution in [0.5, 0.6) is 0 Å². The molecule has 0 spiro atoms. The van der Waals surface area contributed by atoms with Crippen molar-refractivity contribution in [3.8, 4) is 11.1 Å². The molecule has 0 radical (unpaired) electrons. The Morgan fingerprint density at radius 1 is 1.17 bits per heavy atom. The number of rotatable bonds is 9. The van der Waals surface area contributed by atoms with E-state index in [0.29, 0.717) is 23.4 Å². The second-order valence-electron chi connectivity index (χ2n) is 10.8. The summed E-state index contributed by atoms with van der Waals surface area (Å²) in [6.07, 6.45) is -0.195. The minimum atomic E-state index is -4.67. The molecule has 9 nitrogen and oxygen atoms in total. The Hall–Kier alpha value is -3.55. The lowest BCUT2D eigenvalue weighted by atomic mass is 9.93. The van der Waals surface area contributed by atoms with Gasteiger partial charge < -0.3 is 5.32 Å². The first-order valence-electron chi connectivity index (χ1n) is 13.8. The van der Waals surface area contributed by atoms with Gasteiger partial charge in [-0.25, -0.2) is 22.4 Å². The number of anilines is 2. The van der Waals surface area contributed by atoms with Crippen LogP contribution in [-0.4, -0.2) is 65.3 Å². The van der Waals surface area contributed by atoms with Crippen molar-refractivity contribution < 1.29 is 30.6 Å². The third-order valence-corrected chi connectivity index (χ3v) is 8.81. The van der Waals surface area contributed by atoms with E-state index in [4.69, 9.17) is 0 Å². The minimum Gasteiger partial charge on any atom is -0.351 e. The van der Waals surface area contributed by atoms with Crippen LogP contribution >= 0.6 is 0 Å². The molecule has 0 saturated heterocycles. The predicted molar refractivity (Wildman–Crippen MR) is 155 cm³/mol. The third kappa shape index (κ3) is 7.44. The molecule has 42 heavy (non-hydrogen) atoms. The summed E-state index contributed by atoms with van der Waals surface area (Å²) in [7, 11) is -0.356. The number of halogens is 4. The molecule has 2 N–H and O–H groups in total. The number of alkyl halides is 3. The molecule has 0 unspecified atom stereocenters. The fraction of sp³-hybridized carbons (Fsp3) is 0.500. The summed E-state index contributed by atoms with van der Waals surface area (Å²) in [5.74, 6) is -1.86. The van der Waals surface area contributed by atoms with Crippen LogP contribution in [0.3, 0.4) is 0 Å². The van der Waals surface area contributed by atoms with Crippen molar-refractivity contribution in [2.75, 3.05) is 29.9 Å². The van der Waals surface area contributed by atoms with Crippen molar-refractivity contribution in [1.82, 2.24) is 14.5 Å². The largest absolute Gasteiger partial charge is 0.390 e. The van der Waals surface area contributed by atoms with E-state index in [1.807, 2.05) is 32.7 Å². The summed E-state index contributed by atoms with van der Waals surface area (Å²) in [5, 5.41) is 3.95. The first-order chi connectivity index (χ1) is 19.7. The lowest BCUT2D eigenvalue weighted by molar-refractivity contribution is -0.467. The summed E-state index contributed by atoms with van der Waals surface area (Å²) in [6.45, 7) is 3.80. The quantitative estimate of drug-likeness (QED) is 0.250. The van der Waals surface area contributed by atoms with E-state index in [2.05, 4.69) is 19.9 Å². The van der Waals surface area contributed by atoms with Gasteiger partial charge in [0.15, 0.2) is 5.71 Å². The van der Waals surface area contributed by atoms with Gasteiger partial charge in [0.25, 0.3) is 5.56 Å². The van der Waals surface area contributed by atoms with Gasteiger partial charge in [0.05, 0.1) is 17.9 Å². The molecule has 0 amide bonds. The normalized spacial score (nSPS) is 16.9. The highest BCUT2D eigenvalue weighted by molar-refractivity contribution is 7.92. The van der Waals surface area contributed by atoms with E-state index >= 15 is 0 Å². The summed E-state index contributed by atoms with van der Waals surface area (Å²) < 4.78 is 82.0. The van der Waals surface area contributed by atoms with Crippen molar-refractivity contribution in [1.29, 1.82) is 0 Å². The van der Waals surface area contributed by atoms with Crippen molar-refractivity contribution in [2.45, 2.75) is 70.6 Å². The maximum Gasteiger partial charge on any atom is 0.390 e. The molecular formula is C28H35F4N6O3S+. The molecule has 3 aromatic rings. The second kappa shape index (κ2) is 12.4. The summed E-state index contributed by atoms with van der Waals surface area (Å²) in [4.78, 5) is 22.9. The highest BCUT2D eigenvalue weighted by Gasteiger charge is 2.30. The number of hydrogen-bond donors (Lipinski definition) is 2. The molecule has 1 fully saturated rings. The minimum absolute atomic E-state index is 0.150. The maximum atomic E-state index is 15.0. The van der Waals surface area contributed by atoms with Crippen LogP contribution in [0, 0.1) is 5.82 Å². The zero-order valence-electron chi connectivity index (χ0n) is 23.9. The van der Waals surface area contributed by atoms with Crippen molar-refractivity contribution >= 4 is 38.4 Å². The molecule has 1 saturated carbocycles. The van der Waals surface area contributed by atoms with E-state index in [1.165, 1.54) is 11.8 Å². The van der Waals surface area contributed by atoms with Gasteiger partial charge in [-0.2, -0.15) is 18.2 Å².